The molecule has 2 aromatic carbocycles. The van der Waals surface area contributed by atoms with Gasteiger partial charge in [0.2, 0.25) is 0 Å². The zero-order valence-electron chi connectivity index (χ0n) is 19.6. The quantitative estimate of drug-likeness (QED) is 0.174. The van der Waals surface area contributed by atoms with Crippen LogP contribution in [0.1, 0.15) is 59.2 Å². The standard InChI is InChI=1S/C25H18ClF4N3O2S2/c1-11-8-14(10-15(26)9-11)16-6-4-5-7-17(16)33(24(34)20-18(22(27)28)31-12(2)36-20)25(35)21-19(23(29)30)32-13(3)37-21/h4-10,22-23H,1-3H3. The Morgan fingerprint density at radius 1 is 0.838 bits per heavy atom. The number of aromatic nitrogens is 2. The first-order valence-corrected chi connectivity index (χ1v) is 12.7. The number of aryl methyl sites for hydroxylation is 3. The second-order valence-electron chi connectivity index (χ2n) is 7.98. The Morgan fingerprint density at radius 3 is 1.84 bits per heavy atom. The average molecular weight is 568 g/mol. The van der Waals surface area contributed by atoms with Crippen LogP contribution in [0.2, 0.25) is 5.02 Å². The number of nitrogens with zero attached hydrogens (tertiary/aromatic N) is 3. The summed E-state index contributed by atoms with van der Waals surface area (Å²) in [5.41, 5.74) is 0.144. The van der Waals surface area contributed by atoms with Gasteiger partial charge in [-0.2, -0.15) is 0 Å². The third kappa shape index (κ3) is 5.43. The fourth-order valence-electron chi connectivity index (χ4n) is 3.81. The number of carbonyl (C=O) groups excluding carboxylic acids is 2. The SMILES string of the molecule is Cc1cc(Cl)cc(-c2ccccc2N(C(=O)c2sc(C)nc2C(F)F)C(=O)c2sc(C)nc2C(F)F)c1. The molecule has 0 atom stereocenters. The molecule has 0 N–H and O–H groups in total. The highest BCUT2D eigenvalue weighted by Gasteiger charge is 2.36. The predicted molar refractivity (Wildman–Crippen MR) is 136 cm³/mol. The van der Waals surface area contributed by atoms with Gasteiger partial charge in [0.1, 0.15) is 21.1 Å². The number of hydrogen-bond donors (Lipinski definition) is 0. The van der Waals surface area contributed by atoms with Gasteiger partial charge in [0.15, 0.2) is 0 Å². The lowest BCUT2D eigenvalue weighted by molar-refractivity contribution is 0.0886. The van der Waals surface area contributed by atoms with Crippen LogP contribution in [-0.2, 0) is 0 Å². The third-order valence-electron chi connectivity index (χ3n) is 5.23. The van der Waals surface area contributed by atoms with Crippen LogP contribution in [0, 0.1) is 20.8 Å². The number of thiazole rings is 2. The molecular formula is C25H18ClF4N3O2S2. The molecule has 12 heteroatoms. The van der Waals surface area contributed by atoms with Crippen LogP contribution in [0.3, 0.4) is 0 Å². The van der Waals surface area contributed by atoms with E-state index in [9.17, 15) is 27.2 Å². The van der Waals surface area contributed by atoms with Gasteiger partial charge in [-0.3, -0.25) is 9.59 Å². The monoisotopic (exact) mass is 567 g/mol. The number of rotatable bonds is 6. The molecule has 0 aliphatic carbocycles. The Bertz CT molecular complexity index is 1420. The molecular weight excluding hydrogens is 550 g/mol. The van der Waals surface area contributed by atoms with Crippen molar-refractivity contribution in [3.05, 3.63) is 84.2 Å². The highest BCUT2D eigenvalue weighted by molar-refractivity contribution is 7.14. The van der Waals surface area contributed by atoms with Gasteiger partial charge in [0, 0.05) is 10.6 Å². The van der Waals surface area contributed by atoms with E-state index in [1.54, 1.807) is 43.3 Å². The molecule has 192 valence electrons. The molecule has 0 radical (unpaired) electrons. The van der Waals surface area contributed by atoms with Crippen molar-refractivity contribution in [2.75, 3.05) is 4.90 Å². The lowest BCUT2D eigenvalue weighted by Gasteiger charge is -2.23. The summed E-state index contributed by atoms with van der Waals surface area (Å²) in [5, 5.41) is 0.767. The highest BCUT2D eigenvalue weighted by atomic mass is 35.5. The van der Waals surface area contributed by atoms with E-state index < -0.39 is 45.8 Å². The first-order chi connectivity index (χ1) is 17.5. The van der Waals surface area contributed by atoms with E-state index in [1.165, 1.54) is 19.9 Å². The Balaban J connectivity index is 1.98. The number of hydrogen-bond acceptors (Lipinski definition) is 6. The van der Waals surface area contributed by atoms with Crippen LogP contribution < -0.4 is 4.90 Å². The van der Waals surface area contributed by atoms with Gasteiger partial charge >= 0.3 is 0 Å². The molecule has 37 heavy (non-hydrogen) atoms. The normalized spacial score (nSPS) is 11.4. The maximum atomic E-state index is 13.8. The van der Waals surface area contributed by atoms with Gasteiger partial charge < -0.3 is 0 Å². The minimum atomic E-state index is -3.09. The molecule has 2 heterocycles. The van der Waals surface area contributed by atoms with Gasteiger partial charge in [-0.25, -0.2) is 32.4 Å². The summed E-state index contributed by atoms with van der Waals surface area (Å²) in [5.74, 6) is -2.22. The molecule has 0 spiro atoms. The summed E-state index contributed by atoms with van der Waals surface area (Å²) in [6.45, 7) is 4.70. The minimum absolute atomic E-state index is 0.0108. The summed E-state index contributed by atoms with van der Waals surface area (Å²) in [6.07, 6.45) is -6.18. The number of halogens is 5. The molecule has 2 aromatic heterocycles. The molecule has 4 aromatic rings. The van der Waals surface area contributed by atoms with Crippen LogP contribution >= 0.6 is 34.3 Å². The smallest absolute Gasteiger partial charge is 0.267 e. The number of carbonyl (C=O) groups is 2. The fourth-order valence-corrected chi connectivity index (χ4v) is 5.81. The van der Waals surface area contributed by atoms with Gasteiger partial charge in [-0.1, -0.05) is 35.9 Å². The molecule has 2 amide bonds. The van der Waals surface area contributed by atoms with Crippen molar-refractivity contribution in [2.45, 2.75) is 33.6 Å². The molecule has 0 bridgehead atoms. The first-order valence-electron chi connectivity index (χ1n) is 10.7. The second kappa shape index (κ2) is 10.7. The number of benzene rings is 2. The molecule has 0 aliphatic heterocycles. The van der Waals surface area contributed by atoms with Crippen molar-refractivity contribution in [3.8, 4) is 11.1 Å². The number of amides is 2. The van der Waals surface area contributed by atoms with Gasteiger partial charge in [0.25, 0.3) is 24.7 Å². The van der Waals surface area contributed by atoms with E-state index in [1.807, 2.05) is 0 Å². The van der Waals surface area contributed by atoms with E-state index >= 15 is 0 Å². The topological polar surface area (TPSA) is 63.2 Å². The van der Waals surface area contributed by atoms with Crippen molar-refractivity contribution < 1.29 is 27.2 Å². The van der Waals surface area contributed by atoms with Gasteiger partial charge in [-0.15, -0.1) is 22.7 Å². The van der Waals surface area contributed by atoms with Crippen LogP contribution in [0.25, 0.3) is 11.1 Å². The summed E-state index contributed by atoms with van der Waals surface area (Å²) in [4.78, 5) is 34.9. The van der Waals surface area contributed by atoms with Crippen LogP contribution in [0.5, 0.6) is 0 Å². The Morgan fingerprint density at radius 2 is 1.35 bits per heavy atom. The summed E-state index contributed by atoms with van der Waals surface area (Å²) in [7, 11) is 0. The van der Waals surface area contributed by atoms with E-state index in [4.69, 9.17) is 11.6 Å². The lowest BCUT2D eigenvalue weighted by atomic mass is 10.0. The van der Waals surface area contributed by atoms with Crippen LogP contribution in [0.15, 0.2) is 42.5 Å². The largest absolute Gasteiger partial charge is 0.282 e. The fraction of sp³-hybridized carbons (Fsp3) is 0.200. The van der Waals surface area contributed by atoms with Crippen molar-refractivity contribution >= 4 is 51.8 Å². The molecule has 0 fully saturated rings. The first kappa shape index (κ1) is 26.9. The van der Waals surface area contributed by atoms with Crippen molar-refractivity contribution in [2.24, 2.45) is 0 Å². The molecule has 0 saturated heterocycles. The second-order valence-corrected chi connectivity index (χ2v) is 10.8. The Labute approximate surface area is 222 Å². The number of anilines is 1. The van der Waals surface area contributed by atoms with Gasteiger partial charge in [0.05, 0.1) is 15.7 Å². The summed E-state index contributed by atoms with van der Waals surface area (Å²) in [6, 6.07) is 11.3. The van der Waals surface area contributed by atoms with E-state index in [2.05, 4.69) is 9.97 Å². The van der Waals surface area contributed by atoms with Crippen molar-refractivity contribution in [1.82, 2.24) is 9.97 Å². The van der Waals surface area contributed by atoms with E-state index in [0.29, 0.717) is 43.7 Å². The zero-order chi connectivity index (χ0) is 27.0. The molecule has 0 aliphatic rings. The Kier molecular flexibility index (Phi) is 7.77. The maximum absolute atomic E-state index is 13.8. The molecule has 0 saturated carbocycles. The maximum Gasteiger partial charge on any atom is 0.282 e. The highest BCUT2D eigenvalue weighted by Crippen LogP contribution is 2.38. The molecule has 4 rings (SSSR count). The molecule has 0 unspecified atom stereocenters. The van der Waals surface area contributed by atoms with Gasteiger partial charge in [-0.05, 0) is 50.1 Å². The Hall–Kier alpha value is -3.15. The summed E-state index contributed by atoms with van der Waals surface area (Å²) < 4.78 is 55.1. The van der Waals surface area contributed by atoms with Crippen LogP contribution in [0.4, 0.5) is 23.2 Å². The third-order valence-corrected chi connectivity index (χ3v) is 7.39. The number of imide groups is 1. The summed E-state index contributed by atoms with van der Waals surface area (Å²) >= 11 is 7.62. The predicted octanol–water partition coefficient (Wildman–Crippen LogP) is 8.21. The van der Waals surface area contributed by atoms with E-state index in [-0.39, 0.29) is 15.7 Å². The molecule has 5 nitrogen and oxygen atoms in total. The lowest BCUT2D eigenvalue weighted by Crippen LogP contribution is -2.37. The zero-order valence-corrected chi connectivity index (χ0v) is 21.9. The number of alkyl halides is 4. The van der Waals surface area contributed by atoms with Crippen molar-refractivity contribution in [3.63, 3.8) is 0 Å². The van der Waals surface area contributed by atoms with E-state index in [0.717, 1.165) is 5.56 Å². The van der Waals surface area contributed by atoms with Crippen molar-refractivity contribution in [1.29, 1.82) is 0 Å². The average Bonchev–Trinajstić information content (AvgIpc) is 3.42. The minimum Gasteiger partial charge on any atom is -0.267 e. The number of para-hydroxylation sites is 1. The van der Waals surface area contributed by atoms with Crippen LogP contribution in [-0.4, -0.2) is 21.8 Å².